The van der Waals surface area contributed by atoms with Crippen molar-refractivity contribution in [2.75, 3.05) is 13.2 Å². The van der Waals surface area contributed by atoms with Gasteiger partial charge in [-0.1, -0.05) is 43.3 Å². The first-order chi connectivity index (χ1) is 12.4. The van der Waals surface area contributed by atoms with Crippen LogP contribution in [0.4, 0.5) is 0 Å². The van der Waals surface area contributed by atoms with Gasteiger partial charge >= 0.3 is 5.97 Å². The summed E-state index contributed by atoms with van der Waals surface area (Å²) in [7, 11) is -3.64. The van der Waals surface area contributed by atoms with Crippen LogP contribution in [0.15, 0.2) is 59.5 Å². The molecule has 6 nitrogen and oxygen atoms in total. The van der Waals surface area contributed by atoms with Gasteiger partial charge in [-0.15, -0.1) is 0 Å². The quantitative estimate of drug-likeness (QED) is 0.413. The summed E-state index contributed by atoms with van der Waals surface area (Å²) in [5.41, 5.74) is 0.776. The van der Waals surface area contributed by atoms with Gasteiger partial charge < -0.3 is 4.74 Å². The summed E-state index contributed by atoms with van der Waals surface area (Å²) in [5.74, 6) is -0.633. The monoisotopic (exact) mass is 375 g/mol. The molecule has 0 amide bonds. The second-order valence-corrected chi connectivity index (χ2v) is 7.32. The number of nitrogens with one attached hydrogen (secondary N) is 1. The molecule has 1 N–H and O–H groups in total. The van der Waals surface area contributed by atoms with Crippen LogP contribution in [0.3, 0.4) is 0 Å². The van der Waals surface area contributed by atoms with Crippen LogP contribution in [-0.4, -0.2) is 33.3 Å². The number of carbonyl (C=O) groups excluding carboxylic acids is 2. The molecular weight excluding hydrogens is 354 g/mol. The molecule has 0 fully saturated rings. The van der Waals surface area contributed by atoms with Crippen LogP contribution in [0.1, 0.15) is 40.5 Å². The van der Waals surface area contributed by atoms with Crippen molar-refractivity contribution in [2.45, 2.75) is 24.7 Å². The third-order valence-electron chi connectivity index (χ3n) is 3.59. The van der Waals surface area contributed by atoms with Gasteiger partial charge in [0, 0.05) is 18.5 Å². The van der Waals surface area contributed by atoms with Crippen LogP contribution in [0.25, 0.3) is 0 Å². The van der Waals surface area contributed by atoms with Crippen molar-refractivity contribution in [1.82, 2.24) is 4.72 Å². The van der Waals surface area contributed by atoms with E-state index < -0.39 is 16.0 Å². The van der Waals surface area contributed by atoms with E-state index >= 15 is 0 Å². The van der Waals surface area contributed by atoms with Crippen LogP contribution in [0.5, 0.6) is 0 Å². The molecule has 26 heavy (non-hydrogen) atoms. The van der Waals surface area contributed by atoms with E-state index in [0.29, 0.717) is 12.0 Å². The number of ketones is 1. The lowest BCUT2D eigenvalue weighted by Crippen LogP contribution is -2.23. The van der Waals surface area contributed by atoms with E-state index in [1.807, 2.05) is 6.07 Å². The lowest BCUT2D eigenvalue weighted by atomic mass is 10.1. The molecular formula is C19H21NO5S. The highest BCUT2D eigenvalue weighted by molar-refractivity contribution is 7.89. The molecule has 2 aromatic rings. The van der Waals surface area contributed by atoms with E-state index in [4.69, 9.17) is 4.74 Å². The molecule has 7 heteroatoms. The molecule has 0 saturated carbocycles. The fraction of sp³-hybridized carbons (Fsp3) is 0.263. The average Bonchev–Trinajstić information content (AvgIpc) is 2.65. The maximum Gasteiger partial charge on any atom is 0.338 e. The van der Waals surface area contributed by atoms with Crippen molar-refractivity contribution in [1.29, 1.82) is 0 Å². The van der Waals surface area contributed by atoms with Crippen LogP contribution in [0.2, 0.25) is 0 Å². The van der Waals surface area contributed by atoms with Gasteiger partial charge in [0.2, 0.25) is 10.0 Å². The molecule has 0 heterocycles. The molecule has 0 aliphatic heterocycles. The van der Waals surface area contributed by atoms with Gasteiger partial charge in [0.15, 0.2) is 5.78 Å². The highest BCUT2D eigenvalue weighted by Gasteiger charge is 2.16. The standard InChI is InChI=1S/C19H21NO5S/c1-2-20-26(23,24)17-11-6-10-16(14-17)19(22)25-13-7-12-18(21)15-8-4-3-5-9-15/h3-6,8-11,14,20H,2,7,12-13H2,1H3. The van der Waals surface area contributed by atoms with E-state index in [9.17, 15) is 18.0 Å². The first kappa shape index (κ1) is 19.8. The lowest BCUT2D eigenvalue weighted by Gasteiger charge is -2.08. The summed E-state index contributed by atoms with van der Waals surface area (Å²) < 4.78 is 31.5. The molecule has 0 aliphatic rings. The van der Waals surface area contributed by atoms with E-state index in [-0.39, 0.29) is 35.8 Å². The summed E-state index contributed by atoms with van der Waals surface area (Å²) in [6.45, 7) is 2.01. The summed E-state index contributed by atoms with van der Waals surface area (Å²) in [4.78, 5) is 24.0. The molecule has 0 atom stereocenters. The summed E-state index contributed by atoms with van der Waals surface area (Å²) in [5, 5.41) is 0. The summed E-state index contributed by atoms with van der Waals surface area (Å²) in [6.07, 6.45) is 0.668. The Morgan fingerprint density at radius 1 is 1.00 bits per heavy atom. The number of Topliss-reactive ketones (excluding diaryl/α,β-unsaturated/α-hetero) is 1. The van der Waals surface area contributed by atoms with Gasteiger partial charge in [0.05, 0.1) is 17.1 Å². The van der Waals surface area contributed by atoms with Crippen molar-refractivity contribution in [3.05, 3.63) is 65.7 Å². The number of ether oxygens (including phenoxy) is 1. The van der Waals surface area contributed by atoms with E-state index in [2.05, 4.69) is 4.72 Å². The maximum absolute atomic E-state index is 12.1. The SMILES string of the molecule is CCNS(=O)(=O)c1cccc(C(=O)OCCCC(=O)c2ccccc2)c1. The number of carbonyl (C=O) groups is 2. The van der Waals surface area contributed by atoms with Crippen LogP contribution in [0, 0.1) is 0 Å². The van der Waals surface area contributed by atoms with E-state index in [0.717, 1.165) is 0 Å². The number of hydrogen-bond donors (Lipinski definition) is 1. The zero-order valence-electron chi connectivity index (χ0n) is 14.5. The van der Waals surface area contributed by atoms with E-state index in [1.165, 1.54) is 24.3 Å². The van der Waals surface area contributed by atoms with E-state index in [1.54, 1.807) is 31.2 Å². The zero-order valence-corrected chi connectivity index (χ0v) is 15.3. The normalized spacial score (nSPS) is 11.1. The highest BCUT2D eigenvalue weighted by atomic mass is 32.2. The number of rotatable bonds is 9. The van der Waals surface area contributed by atoms with Crippen molar-refractivity contribution >= 4 is 21.8 Å². The van der Waals surface area contributed by atoms with Gasteiger partial charge in [-0.05, 0) is 24.6 Å². The second-order valence-electron chi connectivity index (χ2n) is 5.56. The van der Waals surface area contributed by atoms with Gasteiger partial charge in [-0.25, -0.2) is 17.9 Å². The van der Waals surface area contributed by atoms with Gasteiger partial charge in [-0.3, -0.25) is 4.79 Å². The Bertz CT molecular complexity index is 863. The van der Waals surface area contributed by atoms with Gasteiger partial charge in [0.25, 0.3) is 0 Å². The van der Waals surface area contributed by atoms with Crippen molar-refractivity contribution in [3.63, 3.8) is 0 Å². The average molecular weight is 375 g/mol. The minimum atomic E-state index is -3.64. The largest absolute Gasteiger partial charge is 0.462 e. The molecule has 2 aromatic carbocycles. The molecule has 0 saturated heterocycles. The molecule has 2 rings (SSSR count). The summed E-state index contributed by atoms with van der Waals surface area (Å²) >= 11 is 0. The Balaban J connectivity index is 1.87. The predicted octanol–water partition coefficient (Wildman–Crippen LogP) is 2.80. The molecule has 0 bridgehead atoms. The number of sulfonamides is 1. The Kier molecular flexibility index (Phi) is 7.06. The molecule has 0 aliphatic carbocycles. The number of benzene rings is 2. The number of hydrogen-bond acceptors (Lipinski definition) is 5. The lowest BCUT2D eigenvalue weighted by molar-refractivity contribution is 0.0494. The van der Waals surface area contributed by atoms with Crippen LogP contribution < -0.4 is 4.72 Å². The second kappa shape index (κ2) is 9.26. The predicted molar refractivity (Wildman–Crippen MR) is 97.6 cm³/mol. The third kappa shape index (κ3) is 5.50. The fourth-order valence-electron chi connectivity index (χ4n) is 2.31. The van der Waals surface area contributed by atoms with Crippen molar-refractivity contribution in [3.8, 4) is 0 Å². The smallest absolute Gasteiger partial charge is 0.338 e. The Hall–Kier alpha value is -2.51. The molecule has 0 aromatic heterocycles. The van der Waals surface area contributed by atoms with Crippen molar-refractivity contribution in [2.24, 2.45) is 0 Å². The first-order valence-electron chi connectivity index (χ1n) is 8.29. The summed E-state index contributed by atoms with van der Waals surface area (Å²) in [6, 6.07) is 14.6. The van der Waals surface area contributed by atoms with Gasteiger partial charge in [-0.2, -0.15) is 0 Å². The highest BCUT2D eigenvalue weighted by Crippen LogP contribution is 2.13. The topological polar surface area (TPSA) is 89.5 Å². The first-order valence-corrected chi connectivity index (χ1v) is 9.77. The van der Waals surface area contributed by atoms with Crippen LogP contribution >= 0.6 is 0 Å². The molecule has 138 valence electrons. The van der Waals surface area contributed by atoms with Gasteiger partial charge in [0.1, 0.15) is 0 Å². The molecule has 0 spiro atoms. The minimum absolute atomic E-state index is 0.00746. The molecule has 0 radical (unpaired) electrons. The van der Waals surface area contributed by atoms with Crippen LogP contribution in [-0.2, 0) is 14.8 Å². The Morgan fingerprint density at radius 3 is 2.38 bits per heavy atom. The Labute approximate surface area is 153 Å². The minimum Gasteiger partial charge on any atom is -0.462 e. The number of esters is 1. The Morgan fingerprint density at radius 2 is 1.69 bits per heavy atom. The third-order valence-corrected chi connectivity index (χ3v) is 5.13. The zero-order chi connectivity index (χ0) is 19.0. The maximum atomic E-state index is 12.1. The fourth-order valence-corrected chi connectivity index (χ4v) is 3.40. The van der Waals surface area contributed by atoms with Crippen molar-refractivity contribution < 1.29 is 22.7 Å². The molecule has 0 unspecified atom stereocenters.